The predicted octanol–water partition coefficient (Wildman–Crippen LogP) is 5.79. The Bertz CT molecular complexity index is 822. The minimum Gasteiger partial charge on any atom is -0.387 e. The van der Waals surface area contributed by atoms with Crippen LogP contribution in [0.15, 0.2) is 47.5 Å². The van der Waals surface area contributed by atoms with Crippen LogP contribution in [0.25, 0.3) is 0 Å². The average Bonchev–Trinajstić information content (AvgIpc) is 3.12. The second-order valence-electron chi connectivity index (χ2n) is 7.48. The number of hydrogen-bond acceptors (Lipinski definition) is 3. The first-order valence-corrected chi connectivity index (χ1v) is 10.0. The van der Waals surface area contributed by atoms with Gasteiger partial charge >= 0.3 is 0 Å². The summed E-state index contributed by atoms with van der Waals surface area (Å²) in [4.78, 5) is 4.71. The number of rotatable bonds is 6. The number of hydrogen-bond donors (Lipinski definition) is 2. The maximum Gasteiger partial charge on any atom is 0.103 e. The number of nitrogens with zero attached hydrogens (tertiary/aromatic N) is 1. The van der Waals surface area contributed by atoms with Crippen molar-refractivity contribution in [1.82, 2.24) is 5.32 Å². The molecule has 4 rings (SSSR count). The molecular formula is C22H28Cl3N3. The molecule has 2 atom stereocenters. The first-order valence-electron chi connectivity index (χ1n) is 9.63. The van der Waals surface area contributed by atoms with Gasteiger partial charge in [0.15, 0.2) is 0 Å². The molecule has 1 heterocycles. The highest BCUT2D eigenvalue weighted by atomic mass is 35.5. The third-order valence-corrected chi connectivity index (χ3v) is 5.91. The fraction of sp³-hybridized carbons (Fsp3) is 0.409. The molecule has 1 saturated carbocycles. The summed E-state index contributed by atoms with van der Waals surface area (Å²) >= 11 is 6.02. The number of halogens is 3. The molecule has 1 aliphatic heterocycles. The summed E-state index contributed by atoms with van der Waals surface area (Å²) in [7, 11) is 0. The van der Waals surface area contributed by atoms with Gasteiger partial charge in [0, 0.05) is 17.5 Å². The van der Waals surface area contributed by atoms with Crippen LogP contribution in [-0.4, -0.2) is 12.4 Å². The van der Waals surface area contributed by atoms with Crippen molar-refractivity contribution < 1.29 is 0 Å². The summed E-state index contributed by atoms with van der Waals surface area (Å²) in [5.74, 6) is 1.92. The molecule has 3 nitrogen and oxygen atoms in total. The van der Waals surface area contributed by atoms with Crippen LogP contribution in [0.2, 0.25) is 5.02 Å². The fourth-order valence-electron chi connectivity index (χ4n) is 4.36. The first kappa shape index (κ1) is 23.0. The smallest absolute Gasteiger partial charge is 0.103 e. The Morgan fingerprint density at radius 2 is 1.86 bits per heavy atom. The number of amidine groups is 1. The van der Waals surface area contributed by atoms with Crippen molar-refractivity contribution in [2.24, 2.45) is 16.6 Å². The molecule has 0 aromatic heterocycles. The van der Waals surface area contributed by atoms with Crippen molar-refractivity contribution in [2.75, 3.05) is 6.54 Å². The van der Waals surface area contributed by atoms with E-state index in [4.69, 9.17) is 22.3 Å². The molecule has 6 heteroatoms. The standard InChI is InChI=1S/C22H26ClN3.2ClH/c23-17-6-1-4-16(12-17)14-25-11-3-5-15-9-10-19-18-7-2-8-20(18)22(24)26-21(19)13-15;;/h1,4,6,9-10,12-13,18,20,25H,2-3,5,7-8,11,14H2,(H2,24,26);2*1H/t18-,20-;;/m1../s1. The van der Waals surface area contributed by atoms with E-state index < -0.39 is 0 Å². The molecular weight excluding hydrogens is 413 g/mol. The molecule has 0 radical (unpaired) electrons. The number of benzene rings is 2. The van der Waals surface area contributed by atoms with Gasteiger partial charge in [-0.3, -0.25) is 0 Å². The molecule has 1 aliphatic carbocycles. The molecule has 2 aromatic rings. The SMILES string of the molecule is Cl.Cl.NC1=Nc2cc(CCCNCc3cccc(Cl)c3)ccc2[C@H]2CCC[C@@H]12. The molecule has 28 heavy (non-hydrogen) atoms. The topological polar surface area (TPSA) is 50.4 Å². The van der Waals surface area contributed by atoms with E-state index in [1.807, 2.05) is 18.2 Å². The number of nitrogens with one attached hydrogen (secondary N) is 1. The molecule has 0 saturated heterocycles. The summed E-state index contributed by atoms with van der Waals surface area (Å²) in [5, 5.41) is 4.29. The van der Waals surface area contributed by atoms with Crippen molar-refractivity contribution in [3.8, 4) is 0 Å². The fourth-order valence-corrected chi connectivity index (χ4v) is 4.57. The molecule has 1 fully saturated rings. The second kappa shape index (κ2) is 10.5. The van der Waals surface area contributed by atoms with Gasteiger partial charge in [-0.15, -0.1) is 24.8 Å². The Morgan fingerprint density at radius 3 is 2.68 bits per heavy atom. The molecule has 152 valence electrons. The third kappa shape index (κ3) is 5.21. The quantitative estimate of drug-likeness (QED) is 0.558. The number of aliphatic imine (C=N–C) groups is 1. The van der Waals surface area contributed by atoms with Gasteiger partial charge in [-0.25, -0.2) is 4.99 Å². The minimum atomic E-state index is 0. The first-order chi connectivity index (χ1) is 12.7. The Morgan fingerprint density at radius 1 is 1.04 bits per heavy atom. The highest BCUT2D eigenvalue weighted by Crippen LogP contribution is 2.46. The van der Waals surface area contributed by atoms with E-state index in [9.17, 15) is 0 Å². The lowest BCUT2D eigenvalue weighted by Gasteiger charge is -2.26. The maximum atomic E-state index is 6.22. The van der Waals surface area contributed by atoms with Crippen molar-refractivity contribution in [2.45, 2.75) is 44.6 Å². The van der Waals surface area contributed by atoms with Crippen LogP contribution >= 0.6 is 36.4 Å². The predicted molar refractivity (Wildman–Crippen MR) is 124 cm³/mol. The van der Waals surface area contributed by atoms with Crippen molar-refractivity contribution in [3.63, 3.8) is 0 Å². The zero-order chi connectivity index (χ0) is 17.9. The molecule has 2 aliphatic rings. The van der Waals surface area contributed by atoms with E-state index in [2.05, 4.69) is 29.6 Å². The summed E-state index contributed by atoms with van der Waals surface area (Å²) in [6, 6.07) is 14.8. The molecule has 0 unspecified atom stereocenters. The Labute approximate surface area is 185 Å². The van der Waals surface area contributed by atoms with Gasteiger partial charge in [-0.05, 0) is 73.0 Å². The van der Waals surface area contributed by atoms with Crippen molar-refractivity contribution >= 4 is 47.9 Å². The monoisotopic (exact) mass is 439 g/mol. The number of fused-ring (bicyclic) bond motifs is 3. The van der Waals surface area contributed by atoms with Crippen molar-refractivity contribution in [3.05, 3.63) is 64.2 Å². The molecule has 0 amide bonds. The lowest BCUT2D eigenvalue weighted by Crippen LogP contribution is -2.28. The minimum absolute atomic E-state index is 0. The second-order valence-corrected chi connectivity index (χ2v) is 7.92. The zero-order valence-electron chi connectivity index (χ0n) is 15.9. The third-order valence-electron chi connectivity index (χ3n) is 5.68. The van der Waals surface area contributed by atoms with E-state index in [1.54, 1.807) is 0 Å². The van der Waals surface area contributed by atoms with Gasteiger partial charge < -0.3 is 11.1 Å². The van der Waals surface area contributed by atoms with Crippen LogP contribution in [0.3, 0.4) is 0 Å². The van der Waals surface area contributed by atoms with Gasteiger partial charge in [0.05, 0.1) is 5.69 Å². The van der Waals surface area contributed by atoms with E-state index in [0.29, 0.717) is 11.8 Å². The lowest BCUT2D eigenvalue weighted by atomic mass is 9.84. The summed E-state index contributed by atoms with van der Waals surface area (Å²) in [6.07, 6.45) is 5.87. The maximum absolute atomic E-state index is 6.22. The Hall–Kier alpha value is -1.26. The van der Waals surface area contributed by atoms with E-state index in [-0.39, 0.29) is 24.8 Å². The highest BCUT2D eigenvalue weighted by Gasteiger charge is 2.35. The van der Waals surface area contributed by atoms with Crippen LogP contribution < -0.4 is 11.1 Å². The summed E-state index contributed by atoms with van der Waals surface area (Å²) < 4.78 is 0. The Kier molecular flexibility index (Phi) is 8.63. The molecule has 3 N–H and O–H groups in total. The zero-order valence-corrected chi connectivity index (χ0v) is 18.3. The lowest BCUT2D eigenvalue weighted by molar-refractivity contribution is 0.609. The molecule has 2 aromatic carbocycles. The van der Waals surface area contributed by atoms with E-state index in [1.165, 1.54) is 36.0 Å². The van der Waals surface area contributed by atoms with Gasteiger partial charge in [0.2, 0.25) is 0 Å². The van der Waals surface area contributed by atoms with Gasteiger partial charge in [0.1, 0.15) is 5.84 Å². The van der Waals surface area contributed by atoms with Crippen LogP contribution in [0, 0.1) is 5.92 Å². The van der Waals surface area contributed by atoms with E-state index >= 15 is 0 Å². The van der Waals surface area contributed by atoms with Crippen LogP contribution in [0.1, 0.15) is 48.3 Å². The van der Waals surface area contributed by atoms with E-state index in [0.717, 1.165) is 42.5 Å². The summed E-state index contributed by atoms with van der Waals surface area (Å²) in [6.45, 7) is 1.84. The molecule has 0 bridgehead atoms. The number of nitrogens with two attached hydrogens (primary N) is 1. The van der Waals surface area contributed by atoms with Gasteiger partial charge in [-0.1, -0.05) is 42.3 Å². The normalized spacial score (nSPS) is 19.7. The van der Waals surface area contributed by atoms with Crippen molar-refractivity contribution in [1.29, 1.82) is 0 Å². The summed E-state index contributed by atoms with van der Waals surface area (Å²) in [5.41, 5.74) is 11.3. The molecule has 0 spiro atoms. The van der Waals surface area contributed by atoms with Crippen LogP contribution in [0.4, 0.5) is 5.69 Å². The van der Waals surface area contributed by atoms with Gasteiger partial charge in [0.25, 0.3) is 0 Å². The number of aryl methyl sites for hydroxylation is 1. The largest absolute Gasteiger partial charge is 0.387 e. The van der Waals surface area contributed by atoms with Crippen LogP contribution in [0.5, 0.6) is 0 Å². The Balaban J connectivity index is 0.00000140. The average molecular weight is 441 g/mol. The van der Waals surface area contributed by atoms with Gasteiger partial charge in [-0.2, -0.15) is 0 Å². The van der Waals surface area contributed by atoms with Crippen LogP contribution in [-0.2, 0) is 13.0 Å². The highest BCUT2D eigenvalue weighted by molar-refractivity contribution is 6.30.